The van der Waals surface area contributed by atoms with Crippen molar-refractivity contribution in [2.24, 2.45) is 0 Å². The summed E-state index contributed by atoms with van der Waals surface area (Å²) in [5, 5.41) is 7.84. The molecule has 0 heterocycles. The Morgan fingerprint density at radius 3 is 1.64 bits per heavy atom. The molecule has 0 atom stereocenters. The molecule has 1 nitrogen and oxygen atoms in total. The zero-order valence-corrected chi connectivity index (χ0v) is 21.1. The van der Waals surface area contributed by atoms with Crippen molar-refractivity contribution in [1.82, 2.24) is 0 Å². The summed E-state index contributed by atoms with van der Waals surface area (Å²) in [7, 11) is 0. The molecule has 0 radical (unpaired) electrons. The lowest BCUT2D eigenvalue weighted by molar-refractivity contribution is 0.103. The van der Waals surface area contributed by atoms with Crippen molar-refractivity contribution in [3.8, 4) is 11.1 Å². The Balaban J connectivity index is 1.45. The van der Waals surface area contributed by atoms with Gasteiger partial charge in [0.2, 0.25) is 0 Å². The summed E-state index contributed by atoms with van der Waals surface area (Å²) in [6.45, 7) is 0. The molecule has 0 saturated heterocycles. The molecule has 39 heavy (non-hydrogen) atoms. The highest BCUT2D eigenvalue weighted by Crippen LogP contribution is 2.63. The first-order chi connectivity index (χ1) is 19.3. The fourth-order valence-electron chi connectivity index (χ4n) is 7.57. The van der Waals surface area contributed by atoms with Crippen LogP contribution in [0, 0.1) is 0 Å². The van der Waals surface area contributed by atoms with E-state index < -0.39 is 5.41 Å². The normalized spacial score (nSPS) is 13.9. The zero-order chi connectivity index (χ0) is 25.7. The number of benzene rings is 7. The lowest BCUT2D eigenvalue weighted by atomic mass is 9.70. The van der Waals surface area contributed by atoms with E-state index in [0.29, 0.717) is 5.56 Å². The minimum Gasteiger partial charge on any atom is -0.289 e. The summed E-state index contributed by atoms with van der Waals surface area (Å²) >= 11 is 0. The highest BCUT2D eigenvalue weighted by atomic mass is 16.1. The van der Waals surface area contributed by atoms with Gasteiger partial charge < -0.3 is 0 Å². The number of carbonyl (C=O) groups is 1. The van der Waals surface area contributed by atoms with Gasteiger partial charge in [0.25, 0.3) is 0 Å². The van der Waals surface area contributed by atoms with Crippen molar-refractivity contribution in [1.29, 1.82) is 0 Å². The van der Waals surface area contributed by atoms with Gasteiger partial charge in [-0.15, -0.1) is 0 Å². The molecule has 0 N–H and O–H groups in total. The van der Waals surface area contributed by atoms with E-state index in [-0.39, 0.29) is 5.78 Å². The van der Waals surface area contributed by atoms with Crippen LogP contribution >= 0.6 is 0 Å². The molecule has 0 unspecified atom stereocenters. The van der Waals surface area contributed by atoms with Crippen LogP contribution in [0.2, 0.25) is 0 Å². The van der Waals surface area contributed by atoms with Gasteiger partial charge in [0.05, 0.1) is 5.41 Å². The van der Waals surface area contributed by atoms with E-state index in [2.05, 4.69) is 97.1 Å². The van der Waals surface area contributed by atoms with E-state index in [1.165, 1.54) is 65.7 Å². The summed E-state index contributed by atoms with van der Waals surface area (Å²) < 4.78 is 0. The molecule has 2 aliphatic rings. The van der Waals surface area contributed by atoms with Crippen molar-refractivity contribution in [2.45, 2.75) is 5.41 Å². The maximum Gasteiger partial charge on any atom is 0.193 e. The molecular formula is C38H22O. The number of hydrogen-bond donors (Lipinski definition) is 0. The van der Waals surface area contributed by atoms with Crippen molar-refractivity contribution in [3.63, 3.8) is 0 Å². The summed E-state index contributed by atoms with van der Waals surface area (Å²) in [6.07, 6.45) is 0. The van der Waals surface area contributed by atoms with Crippen LogP contribution in [0.25, 0.3) is 43.4 Å². The Labute approximate surface area is 226 Å². The molecule has 7 aromatic carbocycles. The topological polar surface area (TPSA) is 17.1 Å². The van der Waals surface area contributed by atoms with E-state index >= 15 is 0 Å². The predicted octanol–water partition coefficient (Wildman–Crippen LogP) is 9.05. The first-order valence-electron chi connectivity index (χ1n) is 13.5. The van der Waals surface area contributed by atoms with Gasteiger partial charge in [0.15, 0.2) is 5.78 Å². The highest BCUT2D eigenvalue weighted by molar-refractivity contribution is 6.30. The fraction of sp³-hybridized carbons (Fsp3) is 0.0263. The summed E-state index contributed by atoms with van der Waals surface area (Å²) in [6, 6.07) is 47.1. The Kier molecular flexibility index (Phi) is 3.93. The van der Waals surface area contributed by atoms with Crippen LogP contribution in [0.5, 0.6) is 0 Å². The molecule has 2 aliphatic carbocycles. The molecule has 0 saturated carbocycles. The number of hydrogen-bond acceptors (Lipinski definition) is 1. The fourth-order valence-corrected chi connectivity index (χ4v) is 7.57. The van der Waals surface area contributed by atoms with Crippen molar-refractivity contribution in [2.75, 3.05) is 0 Å². The number of fused-ring (bicyclic) bond motifs is 10. The van der Waals surface area contributed by atoms with E-state index in [4.69, 9.17) is 0 Å². The second kappa shape index (κ2) is 7.30. The SMILES string of the molecule is O=C(c1ccccc1)c1ccc2c(c1)C1(c3ccccc3-2)c2cccc3c4ccccc4c4cccc1c4c23. The monoisotopic (exact) mass is 494 g/mol. The molecular weight excluding hydrogens is 472 g/mol. The molecule has 1 spiro atoms. The van der Waals surface area contributed by atoms with Crippen LogP contribution in [0.3, 0.4) is 0 Å². The second-order valence-corrected chi connectivity index (χ2v) is 10.8. The van der Waals surface area contributed by atoms with E-state index in [1.54, 1.807) is 0 Å². The number of ketones is 1. The van der Waals surface area contributed by atoms with Crippen LogP contribution in [0.1, 0.15) is 38.2 Å². The molecule has 7 aromatic rings. The van der Waals surface area contributed by atoms with Gasteiger partial charge in [-0.05, 0) is 71.8 Å². The summed E-state index contributed by atoms with van der Waals surface area (Å²) in [5.74, 6) is 0.0576. The smallest absolute Gasteiger partial charge is 0.193 e. The molecule has 180 valence electrons. The Morgan fingerprint density at radius 2 is 0.949 bits per heavy atom. The van der Waals surface area contributed by atoms with Crippen LogP contribution in [-0.4, -0.2) is 5.78 Å². The summed E-state index contributed by atoms with van der Waals surface area (Å²) in [5.41, 5.74) is 8.55. The third kappa shape index (κ3) is 2.44. The lowest BCUT2D eigenvalue weighted by Gasteiger charge is -2.31. The molecule has 1 heteroatoms. The average Bonchev–Trinajstić information content (AvgIpc) is 3.48. The molecule has 0 fully saturated rings. The third-order valence-electron chi connectivity index (χ3n) is 9.04. The summed E-state index contributed by atoms with van der Waals surface area (Å²) in [4.78, 5) is 13.7. The molecule has 0 bridgehead atoms. The molecule has 0 aliphatic heterocycles. The Morgan fingerprint density at radius 1 is 0.410 bits per heavy atom. The van der Waals surface area contributed by atoms with Gasteiger partial charge in [0, 0.05) is 11.1 Å². The Hall–Kier alpha value is -5.01. The predicted molar refractivity (Wildman–Crippen MR) is 160 cm³/mol. The molecule has 9 rings (SSSR count). The van der Waals surface area contributed by atoms with E-state index in [0.717, 1.165) is 5.56 Å². The quantitative estimate of drug-likeness (QED) is 0.173. The maximum atomic E-state index is 13.7. The van der Waals surface area contributed by atoms with Crippen molar-refractivity contribution in [3.05, 3.63) is 167 Å². The van der Waals surface area contributed by atoms with Crippen LogP contribution in [0.15, 0.2) is 133 Å². The minimum absolute atomic E-state index is 0.0576. The van der Waals surface area contributed by atoms with E-state index in [9.17, 15) is 4.79 Å². The second-order valence-electron chi connectivity index (χ2n) is 10.8. The first kappa shape index (κ1) is 21.0. The Bertz CT molecular complexity index is 2100. The maximum absolute atomic E-state index is 13.7. The number of rotatable bonds is 2. The zero-order valence-electron chi connectivity index (χ0n) is 21.1. The van der Waals surface area contributed by atoms with Gasteiger partial charge in [-0.25, -0.2) is 0 Å². The van der Waals surface area contributed by atoms with Crippen LogP contribution in [0.4, 0.5) is 0 Å². The van der Waals surface area contributed by atoms with Crippen LogP contribution in [-0.2, 0) is 5.41 Å². The lowest BCUT2D eigenvalue weighted by Crippen LogP contribution is -2.26. The minimum atomic E-state index is -0.475. The van der Waals surface area contributed by atoms with Crippen molar-refractivity contribution < 1.29 is 4.79 Å². The average molecular weight is 495 g/mol. The number of carbonyl (C=O) groups excluding carboxylic acids is 1. The highest BCUT2D eigenvalue weighted by Gasteiger charge is 2.51. The van der Waals surface area contributed by atoms with Gasteiger partial charge >= 0.3 is 0 Å². The van der Waals surface area contributed by atoms with Crippen LogP contribution < -0.4 is 0 Å². The van der Waals surface area contributed by atoms with Gasteiger partial charge in [-0.2, -0.15) is 0 Å². The largest absolute Gasteiger partial charge is 0.289 e. The van der Waals surface area contributed by atoms with Gasteiger partial charge in [-0.1, -0.05) is 127 Å². The molecule has 0 aromatic heterocycles. The van der Waals surface area contributed by atoms with Gasteiger partial charge in [-0.3, -0.25) is 4.79 Å². The standard InChI is InChI=1S/C38H22O/c39-37(23-10-2-1-3-11-23)24-20-21-28-27-14-6-7-17-31(27)38(34(28)22-24)32-18-8-15-29-25-12-4-5-13-26(25)30-16-9-19-33(38)36(30)35(29)32/h1-22H. The van der Waals surface area contributed by atoms with E-state index in [1.807, 2.05) is 36.4 Å². The first-order valence-corrected chi connectivity index (χ1v) is 13.5. The third-order valence-corrected chi connectivity index (χ3v) is 9.04. The molecule has 0 amide bonds. The van der Waals surface area contributed by atoms with Crippen molar-refractivity contribution >= 4 is 38.1 Å². The van der Waals surface area contributed by atoms with Gasteiger partial charge in [0.1, 0.15) is 0 Å².